The van der Waals surface area contributed by atoms with Gasteiger partial charge in [-0.1, -0.05) is 30.9 Å². The Bertz CT molecular complexity index is 477. The molecule has 1 aromatic heterocycles. The Labute approximate surface area is 103 Å². The molecule has 1 aliphatic carbocycles. The average molecular weight is 233 g/mol. The minimum absolute atomic E-state index is 0.586. The predicted molar refractivity (Wildman–Crippen MR) is 72.8 cm³/mol. The van der Waals surface area contributed by atoms with Crippen molar-refractivity contribution in [2.24, 2.45) is 5.92 Å². The molecule has 1 unspecified atom stereocenters. The standard InChI is InChI=1S/C14H19NS/c1-9-10(2)12(4)14(11(9)3)8-13-6-5-7-15(13)16/h5-7,11,16H,8H2,1-4H3. The Hall–Kier alpha value is -0.890. The number of hydrogen-bond acceptors (Lipinski definition) is 1. The highest BCUT2D eigenvalue weighted by molar-refractivity contribution is 7.78. The van der Waals surface area contributed by atoms with Gasteiger partial charge in [-0.25, -0.2) is 0 Å². The van der Waals surface area contributed by atoms with Gasteiger partial charge in [0.2, 0.25) is 0 Å². The van der Waals surface area contributed by atoms with Crippen LogP contribution in [-0.2, 0) is 6.42 Å². The van der Waals surface area contributed by atoms with Gasteiger partial charge in [0.15, 0.2) is 0 Å². The smallest absolute Gasteiger partial charge is 0.0331 e. The summed E-state index contributed by atoms with van der Waals surface area (Å²) >= 11 is 4.41. The van der Waals surface area contributed by atoms with Gasteiger partial charge in [0.1, 0.15) is 0 Å². The van der Waals surface area contributed by atoms with Crippen molar-refractivity contribution in [2.45, 2.75) is 34.1 Å². The quantitative estimate of drug-likeness (QED) is 0.736. The highest BCUT2D eigenvalue weighted by Gasteiger charge is 2.23. The van der Waals surface area contributed by atoms with Crippen molar-refractivity contribution in [1.82, 2.24) is 3.97 Å². The van der Waals surface area contributed by atoms with Crippen molar-refractivity contribution in [3.05, 3.63) is 46.3 Å². The molecule has 2 heteroatoms. The van der Waals surface area contributed by atoms with E-state index in [4.69, 9.17) is 0 Å². The van der Waals surface area contributed by atoms with Crippen LogP contribution in [0.4, 0.5) is 0 Å². The third-order valence-corrected chi connectivity index (χ3v) is 4.38. The Morgan fingerprint density at radius 3 is 2.38 bits per heavy atom. The highest BCUT2D eigenvalue weighted by atomic mass is 32.1. The first-order valence-corrected chi connectivity index (χ1v) is 6.15. The molecule has 0 saturated carbocycles. The summed E-state index contributed by atoms with van der Waals surface area (Å²) in [7, 11) is 0. The molecule has 1 heterocycles. The van der Waals surface area contributed by atoms with Gasteiger partial charge in [-0.2, -0.15) is 0 Å². The molecule has 0 spiro atoms. The topological polar surface area (TPSA) is 4.93 Å². The van der Waals surface area contributed by atoms with Crippen molar-refractivity contribution in [3.8, 4) is 0 Å². The van der Waals surface area contributed by atoms with E-state index in [1.165, 1.54) is 22.4 Å². The molecular formula is C14H19NS. The Morgan fingerprint density at radius 1 is 1.25 bits per heavy atom. The lowest BCUT2D eigenvalue weighted by Crippen LogP contribution is -2.03. The summed E-state index contributed by atoms with van der Waals surface area (Å²) < 4.78 is 1.91. The van der Waals surface area contributed by atoms with Gasteiger partial charge in [-0.15, -0.1) is 0 Å². The van der Waals surface area contributed by atoms with Gasteiger partial charge in [0.25, 0.3) is 0 Å². The molecule has 0 aliphatic heterocycles. The van der Waals surface area contributed by atoms with Crippen molar-refractivity contribution in [3.63, 3.8) is 0 Å². The zero-order chi connectivity index (χ0) is 11.9. The zero-order valence-electron chi connectivity index (χ0n) is 10.4. The molecule has 0 amide bonds. The van der Waals surface area contributed by atoms with Crippen molar-refractivity contribution in [1.29, 1.82) is 0 Å². The van der Waals surface area contributed by atoms with Gasteiger partial charge in [0, 0.05) is 18.3 Å². The van der Waals surface area contributed by atoms with Crippen molar-refractivity contribution >= 4 is 12.8 Å². The molecule has 0 saturated heterocycles. The van der Waals surface area contributed by atoms with Crippen LogP contribution in [0.5, 0.6) is 0 Å². The highest BCUT2D eigenvalue weighted by Crippen LogP contribution is 2.38. The van der Waals surface area contributed by atoms with Crippen molar-refractivity contribution < 1.29 is 0 Å². The minimum atomic E-state index is 0.586. The molecular weight excluding hydrogens is 214 g/mol. The summed E-state index contributed by atoms with van der Waals surface area (Å²) in [5, 5.41) is 0. The van der Waals surface area contributed by atoms with Crippen LogP contribution in [0, 0.1) is 5.92 Å². The molecule has 0 fully saturated rings. The first-order chi connectivity index (χ1) is 7.52. The van der Waals surface area contributed by atoms with Crippen LogP contribution in [0.15, 0.2) is 40.6 Å². The fourth-order valence-electron chi connectivity index (χ4n) is 2.48. The average Bonchev–Trinajstić information content (AvgIpc) is 2.73. The maximum Gasteiger partial charge on any atom is 0.0331 e. The summed E-state index contributed by atoms with van der Waals surface area (Å²) in [5.74, 6) is 0.586. The first kappa shape index (κ1) is 11.6. The maximum atomic E-state index is 4.41. The van der Waals surface area contributed by atoms with E-state index in [9.17, 15) is 0 Å². The van der Waals surface area contributed by atoms with Crippen LogP contribution in [0.3, 0.4) is 0 Å². The Balaban J connectivity index is 2.29. The molecule has 1 nitrogen and oxygen atoms in total. The Morgan fingerprint density at radius 2 is 1.94 bits per heavy atom. The largest absolute Gasteiger partial charge is 0.298 e. The van der Waals surface area contributed by atoms with Crippen LogP contribution >= 0.6 is 12.8 Å². The van der Waals surface area contributed by atoms with Crippen molar-refractivity contribution in [2.75, 3.05) is 0 Å². The zero-order valence-corrected chi connectivity index (χ0v) is 11.3. The molecule has 2 rings (SSSR count). The lowest BCUT2D eigenvalue weighted by molar-refractivity contribution is 0.775. The molecule has 1 atom stereocenters. The third-order valence-electron chi connectivity index (χ3n) is 3.99. The van der Waals surface area contributed by atoms with Crippen LogP contribution in [0.2, 0.25) is 0 Å². The lowest BCUT2D eigenvalue weighted by Gasteiger charge is -2.13. The number of rotatable bonds is 2. The molecule has 1 aromatic rings. The van der Waals surface area contributed by atoms with Crippen LogP contribution in [0.1, 0.15) is 33.4 Å². The number of nitrogens with zero attached hydrogens (tertiary/aromatic N) is 1. The molecule has 86 valence electrons. The van der Waals surface area contributed by atoms with E-state index in [1.54, 1.807) is 5.57 Å². The second-order valence-electron chi connectivity index (χ2n) is 4.70. The fraction of sp³-hybridized carbons (Fsp3) is 0.429. The molecule has 1 aliphatic rings. The normalized spacial score (nSPS) is 21.2. The van der Waals surface area contributed by atoms with E-state index in [0.717, 1.165) is 6.42 Å². The minimum Gasteiger partial charge on any atom is -0.298 e. The van der Waals surface area contributed by atoms with E-state index in [2.05, 4.69) is 46.6 Å². The molecule has 0 N–H and O–H groups in total. The predicted octanol–water partition coefficient (Wildman–Crippen LogP) is 4.03. The third kappa shape index (κ3) is 1.75. The monoisotopic (exact) mass is 233 g/mol. The summed E-state index contributed by atoms with van der Waals surface area (Å²) in [6.07, 6.45) is 3.00. The first-order valence-electron chi connectivity index (χ1n) is 5.75. The maximum absolute atomic E-state index is 4.41. The van der Waals surface area contributed by atoms with Crippen LogP contribution < -0.4 is 0 Å². The number of allylic oxidation sites excluding steroid dienone is 4. The lowest BCUT2D eigenvalue weighted by atomic mass is 9.94. The second-order valence-corrected chi connectivity index (χ2v) is 5.13. The van der Waals surface area contributed by atoms with Gasteiger partial charge in [-0.05, 0) is 50.0 Å². The summed E-state index contributed by atoms with van der Waals surface area (Å²) in [6, 6.07) is 4.19. The van der Waals surface area contributed by atoms with Gasteiger partial charge < -0.3 is 0 Å². The van der Waals surface area contributed by atoms with Crippen LogP contribution in [0.25, 0.3) is 0 Å². The second kappa shape index (κ2) is 4.17. The Kier molecular flexibility index (Phi) is 3.02. The summed E-state index contributed by atoms with van der Waals surface area (Å²) in [5.41, 5.74) is 7.28. The van der Waals surface area contributed by atoms with E-state index >= 15 is 0 Å². The van der Waals surface area contributed by atoms with E-state index in [1.807, 2.05) is 16.2 Å². The van der Waals surface area contributed by atoms with Gasteiger partial charge in [-0.3, -0.25) is 3.97 Å². The molecule has 0 radical (unpaired) electrons. The number of thiol groups is 1. The fourth-order valence-corrected chi connectivity index (χ4v) is 2.69. The molecule has 0 aromatic carbocycles. The van der Waals surface area contributed by atoms with E-state index in [0.29, 0.717) is 5.92 Å². The summed E-state index contributed by atoms with van der Waals surface area (Å²) in [4.78, 5) is 0. The van der Waals surface area contributed by atoms with E-state index in [-0.39, 0.29) is 0 Å². The number of hydrogen-bond donors (Lipinski definition) is 1. The van der Waals surface area contributed by atoms with Crippen LogP contribution in [-0.4, -0.2) is 3.97 Å². The number of aromatic nitrogens is 1. The van der Waals surface area contributed by atoms with E-state index < -0.39 is 0 Å². The molecule has 0 bridgehead atoms. The van der Waals surface area contributed by atoms with Gasteiger partial charge in [0.05, 0.1) is 0 Å². The SMILES string of the molecule is CC1=C(C)C(C)C(Cc2cccn2S)=C1C. The summed E-state index contributed by atoms with van der Waals surface area (Å²) in [6.45, 7) is 9.02. The molecule has 16 heavy (non-hydrogen) atoms. The van der Waals surface area contributed by atoms with Gasteiger partial charge >= 0.3 is 0 Å².